The molecule has 1 aromatic heterocycles. The molecule has 0 aliphatic heterocycles. The molecular formula is C8H14N4O2. The molecule has 1 heterocycles. The van der Waals surface area contributed by atoms with Crippen LogP contribution in [0, 0.1) is 0 Å². The third-order valence-electron chi connectivity index (χ3n) is 1.78. The molecule has 6 heteroatoms. The van der Waals surface area contributed by atoms with Crippen LogP contribution in [0.2, 0.25) is 0 Å². The highest BCUT2D eigenvalue weighted by Crippen LogP contribution is 1.87. The van der Waals surface area contributed by atoms with Crippen LogP contribution in [0.3, 0.4) is 0 Å². The molecule has 0 radical (unpaired) electrons. The minimum Gasteiger partial charge on any atom is -0.391 e. The van der Waals surface area contributed by atoms with Crippen molar-refractivity contribution in [2.45, 2.75) is 26.0 Å². The van der Waals surface area contributed by atoms with Crippen molar-refractivity contribution in [3.63, 3.8) is 0 Å². The van der Waals surface area contributed by atoms with Crippen molar-refractivity contribution in [1.82, 2.24) is 20.3 Å². The van der Waals surface area contributed by atoms with Gasteiger partial charge in [-0.25, -0.2) is 4.68 Å². The topological polar surface area (TPSA) is 80.0 Å². The predicted octanol–water partition coefficient (Wildman–Crippen LogP) is -0.835. The molecule has 1 atom stereocenters. The van der Waals surface area contributed by atoms with Gasteiger partial charge >= 0.3 is 0 Å². The van der Waals surface area contributed by atoms with Crippen molar-refractivity contribution in [2.75, 3.05) is 6.54 Å². The van der Waals surface area contributed by atoms with Gasteiger partial charge in [-0.05, 0) is 6.42 Å². The number of nitrogens with zero attached hydrogens (tertiary/aromatic N) is 3. The maximum atomic E-state index is 11.2. The first-order valence-corrected chi connectivity index (χ1v) is 4.51. The van der Waals surface area contributed by atoms with Crippen LogP contribution in [0.5, 0.6) is 0 Å². The van der Waals surface area contributed by atoms with Crippen molar-refractivity contribution in [3.8, 4) is 0 Å². The lowest BCUT2D eigenvalue weighted by Crippen LogP contribution is -2.34. The predicted molar refractivity (Wildman–Crippen MR) is 49.3 cm³/mol. The van der Waals surface area contributed by atoms with Gasteiger partial charge in [0.25, 0.3) is 0 Å². The number of nitrogens with one attached hydrogen (secondary N) is 1. The van der Waals surface area contributed by atoms with Crippen LogP contribution in [-0.2, 0) is 11.3 Å². The Morgan fingerprint density at radius 3 is 3.07 bits per heavy atom. The second-order valence-electron chi connectivity index (χ2n) is 2.97. The number of aliphatic hydroxyl groups excluding tert-OH is 1. The van der Waals surface area contributed by atoms with Gasteiger partial charge in [0, 0.05) is 12.7 Å². The molecule has 0 saturated heterocycles. The third kappa shape index (κ3) is 3.53. The number of rotatable bonds is 5. The molecule has 1 amide bonds. The zero-order valence-electron chi connectivity index (χ0n) is 8.05. The van der Waals surface area contributed by atoms with E-state index in [2.05, 4.69) is 15.6 Å². The van der Waals surface area contributed by atoms with Crippen molar-refractivity contribution >= 4 is 5.91 Å². The molecular weight excluding hydrogens is 184 g/mol. The van der Waals surface area contributed by atoms with E-state index in [1.54, 1.807) is 6.20 Å². The Balaban J connectivity index is 2.23. The summed E-state index contributed by atoms with van der Waals surface area (Å²) < 4.78 is 1.42. The molecule has 14 heavy (non-hydrogen) atoms. The molecule has 1 unspecified atom stereocenters. The maximum Gasteiger partial charge on any atom is 0.241 e. The number of aliphatic hydroxyl groups is 1. The normalized spacial score (nSPS) is 12.4. The molecule has 6 nitrogen and oxygen atoms in total. The lowest BCUT2D eigenvalue weighted by atomic mass is 10.3. The number of hydrogen-bond acceptors (Lipinski definition) is 4. The molecule has 0 fully saturated rings. The van der Waals surface area contributed by atoms with E-state index in [1.165, 1.54) is 10.9 Å². The molecule has 0 aromatic carbocycles. The largest absolute Gasteiger partial charge is 0.391 e. The summed E-state index contributed by atoms with van der Waals surface area (Å²) in [6.45, 7) is 2.27. The second kappa shape index (κ2) is 5.33. The highest BCUT2D eigenvalue weighted by molar-refractivity contribution is 5.75. The zero-order valence-corrected chi connectivity index (χ0v) is 8.05. The Labute approximate surface area is 81.9 Å². The highest BCUT2D eigenvalue weighted by Gasteiger charge is 2.05. The van der Waals surface area contributed by atoms with E-state index in [1.807, 2.05) is 6.92 Å². The SMILES string of the molecule is CCC(O)CNC(=O)Cn1ccnn1. The summed E-state index contributed by atoms with van der Waals surface area (Å²) in [6.07, 6.45) is 3.27. The van der Waals surface area contributed by atoms with E-state index in [9.17, 15) is 9.90 Å². The van der Waals surface area contributed by atoms with Crippen molar-refractivity contribution < 1.29 is 9.90 Å². The first kappa shape index (κ1) is 10.6. The van der Waals surface area contributed by atoms with Gasteiger partial charge in [-0.2, -0.15) is 0 Å². The molecule has 2 N–H and O–H groups in total. The Hall–Kier alpha value is -1.43. The average molecular weight is 198 g/mol. The quantitative estimate of drug-likeness (QED) is 0.647. The first-order chi connectivity index (χ1) is 6.72. The van der Waals surface area contributed by atoms with Crippen molar-refractivity contribution in [2.24, 2.45) is 0 Å². The minimum atomic E-state index is -0.477. The number of hydrogen-bond donors (Lipinski definition) is 2. The number of aromatic nitrogens is 3. The monoisotopic (exact) mass is 198 g/mol. The molecule has 78 valence electrons. The fourth-order valence-electron chi connectivity index (χ4n) is 0.896. The van der Waals surface area contributed by atoms with Gasteiger partial charge in [-0.3, -0.25) is 4.79 Å². The van der Waals surface area contributed by atoms with Crippen LogP contribution < -0.4 is 5.32 Å². The molecule has 0 aliphatic carbocycles. The molecule has 0 saturated carbocycles. The summed E-state index contributed by atoms with van der Waals surface area (Å²) in [5, 5.41) is 19.0. The van der Waals surface area contributed by atoms with Crippen LogP contribution >= 0.6 is 0 Å². The smallest absolute Gasteiger partial charge is 0.241 e. The fraction of sp³-hybridized carbons (Fsp3) is 0.625. The third-order valence-corrected chi connectivity index (χ3v) is 1.78. The van der Waals surface area contributed by atoms with Gasteiger partial charge in [0.15, 0.2) is 0 Å². The van der Waals surface area contributed by atoms with Crippen LogP contribution in [-0.4, -0.2) is 38.7 Å². The van der Waals surface area contributed by atoms with Crippen LogP contribution in [0.4, 0.5) is 0 Å². The first-order valence-electron chi connectivity index (χ1n) is 4.51. The average Bonchev–Trinajstić information content (AvgIpc) is 2.66. The molecule has 0 spiro atoms. The van der Waals surface area contributed by atoms with Gasteiger partial charge in [-0.15, -0.1) is 5.10 Å². The van der Waals surface area contributed by atoms with E-state index in [4.69, 9.17) is 0 Å². The minimum absolute atomic E-state index is 0.135. The van der Waals surface area contributed by atoms with Gasteiger partial charge in [0.2, 0.25) is 5.91 Å². The summed E-state index contributed by atoms with van der Waals surface area (Å²) in [4.78, 5) is 11.2. The van der Waals surface area contributed by atoms with Crippen LogP contribution in [0.25, 0.3) is 0 Å². The van der Waals surface area contributed by atoms with E-state index in [0.29, 0.717) is 6.42 Å². The molecule has 0 bridgehead atoms. The Kier molecular flexibility index (Phi) is 4.06. The van der Waals surface area contributed by atoms with Gasteiger partial charge < -0.3 is 10.4 Å². The summed E-state index contributed by atoms with van der Waals surface area (Å²) in [6, 6.07) is 0. The van der Waals surface area contributed by atoms with E-state index in [-0.39, 0.29) is 19.0 Å². The van der Waals surface area contributed by atoms with E-state index < -0.39 is 6.10 Å². The summed E-state index contributed by atoms with van der Waals surface area (Å²) in [5.74, 6) is -0.178. The van der Waals surface area contributed by atoms with Gasteiger partial charge in [0.1, 0.15) is 6.54 Å². The second-order valence-corrected chi connectivity index (χ2v) is 2.97. The summed E-state index contributed by atoms with van der Waals surface area (Å²) in [5.41, 5.74) is 0. The molecule has 0 aliphatic rings. The Morgan fingerprint density at radius 1 is 1.71 bits per heavy atom. The highest BCUT2D eigenvalue weighted by atomic mass is 16.3. The maximum absolute atomic E-state index is 11.2. The lowest BCUT2D eigenvalue weighted by molar-refractivity contribution is -0.122. The Bertz CT molecular complexity index is 273. The number of carbonyl (C=O) groups is 1. The van der Waals surface area contributed by atoms with Crippen molar-refractivity contribution in [1.29, 1.82) is 0 Å². The van der Waals surface area contributed by atoms with Crippen LogP contribution in [0.15, 0.2) is 12.4 Å². The van der Waals surface area contributed by atoms with Gasteiger partial charge in [0.05, 0.1) is 12.3 Å². The molecule has 1 rings (SSSR count). The fourth-order valence-corrected chi connectivity index (χ4v) is 0.896. The zero-order chi connectivity index (χ0) is 10.4. The summed E-state index contributed by atoms with van der Waals surface area (Å²) >= 11 is 0. The summed E-state index contributed by atoms with van der Waals surface area (Å²) in [7, 11) is 0. The lowest BCUT2D eigenvalue weighted by Gasteiger charge is -2.08. The molecule has 1 aromatic rings. The van der Waals surface area contributed by atoms with Gasteiger partial charge in [-0.1, -0.05) is 12.1 Å². The van der Waals surface area contributed by atoms with E-state index in [0.717, 1.165) is 0 Å². The number of carbonyl (C=O) groups excluding carboxylic acids is 1. The number of amides is 1. The van der Waals surface area contributed by atoms with Crippen molar-refractivity contribution in [3.05, 3.63) is 12.4 Å². The van der Waals surface area contributed by atoms with Crippen LogP contribution in [0.1, 0.15) is 13.3 Å². The van der Waals surface area contributed by atoms with E-state index >= 15 is 0 Å². The standard InChI is InChI=1S/C8H14N4O2/c1-2-7(13)5-9-8(14)6-12-4-3-10-11-12/h3-4,7,13H,2,5-6H2,1H3,(H,9,14). The Morgan fingerprint density at radius 2 is 2.50 bits per heavy atom.